The van der Waals surface area contributed by atoms with Crippen LogP contribution in [0.5, 0.6) is 23.0 Å². The van der Waals surface area contributed by atoms with Gasteiger partial charge in [-0.2, -0.15) is 0 Å². The number of carbonyl (C=O) groups excluding carboxylic acids is 4. The standard InChI is InChI=1S/C50H80N12O10/c1-9-56-47(67)34(14-12-20-58-49(51)52)60-40(63)28-70-36-26-38-43(44(65)32(36)18-16-30(4)5)45(66)42-33(19-17-31(6)7)46(69-8)39(27-37(42)72-38)71-29-41(64)61-35(15-13-21-59-50(53)54)48(68)57-23-22-55-24-25-62(10-2)11-3/h16-17,26-27,34-35,50,55,59,65H,9-15,18-25,28-29,53-54H2,1-8H3,(H,56,67)(H,57,68)(H,60,63)(H,61,64)(H4,51,52,58). The maximum absolute atomic E-state index is 14.7. The second-order valence-corrected chi connectivity index (χ2v) is 17.6. The van der Waals surface area contributed by atoms with Crippen molar-refractivity contribution in [2.75, 3.05) is 79.2 Å². The molecule has 0 aliphatic carbocycles. The largest absolute Gasteiger partial charge is 0.507 e. The van der Waals surface area contributed by atoms with Gasteiger partial charge in [-0.05, 0) is 92.8 Å². The average Bonchev–Trinajstić information content (AvgIpc) is 3.32. The maximum Gasteiger partial charge on any atom is 0.258 e. The van der Waals surface area contributed by atoms with Crippen molar-refractivity contribution in [1.82, 2.24) is 36.8 Å². The number of phenols is 1. The summed E-state index contributed by atoms with van der Waals surface area (Å²) in [7, 11) is 1.41. The molecule has 2 aromatic carbocycles. The van der Waals surface area contributed by atoms with Crippen LogP contribution in [0.3, 0.4) is 0 Å². The van der Waals surface area contributed by atoms with Crippen molar-refractivity contribution in [2.24, 2.45) is 27.9 Å². The zero-order valence-corrected chi connectivity index (χ0v) is 43.4. The summed E-state index contributed by atoms with van der Waals surface area (Å²) in [5, 5.41) is 29.2. The third-order valence-electron chi connectivity index (χ3n) is 11.4. The van der Waals surface area contributed by atoms with Crippen LogP contribution in [0.25, 0.3) is 21.9 Å². The van der Waals surface area contributed by atoms with E-state index in [-0.39, 0.29) is 88.8 Å². The lowest BCUT2D eigenvalue weighted by atomic mass is 9.98. The van der Waals surface area contributed by atoms with Crippen molar-refractivity contribution < 1.29 is 42.9 Å². The molecule has 0 aliphatic rings. The molecule has 1 aromatic heterocycles. The van der Waals surface area contributed by atoms with Gasteiger partial charge in [-0.25, -0.2) is 0 Å². The Morgan fingerprint density at radius 3 is 1.92 bits per heavy atom. The molecule has 0 saturated carbocycles. The van der Waals surface area contributed by atoms with Crippen molar-refractivity contribution in [1.29, 1.82) is 0 Å². The normalized spacial score (nSPS) is 12.0. The maximum atomic E-state index is 14.7. The van der Waals surface area contributed by atoms with E-state index in [1.54, 1.807) is 6.92 Å². The van der Waals surface area contributed by atoms with E-state index in [1.807, 2.05) is 39.8 Å². The Morgan fingerprint density at radius 1 is 0.778 bits per heavy atom. The summed E-state index contributed by atoms with van der Waals surface area (Å²) >= 11 is 0. The number of methoxy groups -OCH3 is 1. The zero-order chi connectivity index (χ0) is 53.3. The summed E-state index contributed by atoms with van der Waals surface area (Å²) in [5.41, 5.74) is 24.0. The molecule has 0 fully saturated rings. The molecule has 2 atom stereocenters. The number of carbonyl (C=O) groups is 4. The number of guanidine groups is 1. The highest BCUT2D eigenvalue weighted by atomic mass is 16.5. The molecule has 3 rings (SSSR count). The molecule has 0 radical (unpaired) electrons. The third kappa shape index (κ3) is 19.3. The number of rotatable bonds is 33. The van der Waals surface area contributed by atoms with Crippen molar-refractivity contribution in [3.8, 4) is 23.0 Å². The number of ether oxygens (including phenoxy) is 3. The molecule has 2 unspecified atom stereocenters. The number of aromatic hydroxyl groups is 1. The van der Waals surface area contributed by atoms with Gasteiger partial charge in [0.1, 0.15) is 46.4 Å². The lowest BCUT2D eigenvalue weighted by Gasteiger charge is -2.21. The molecule has 15 N–H and O–H groups in total. The van der Waals surface area contributed by atoms with Crippen LogP contribution in [0.15, 0.2) is 49.6 Å². The number of fused-ring (bicyclic) bond motifs is 2. The zero-order valence-electron chi connectivity index (χ0n) is 43.4. The van der Waals surface area contributed by atoms with Crippen molar-refractivity contribution in [2.45, 2.75) is 105 Å². The fourth-order valence-electron chi connectivity index (χ4n) is 7.64. The summed E-state index contributed by atoms with van der Waals surface area (Å²) in [4.78, 5) is 74.2. The Hall–Kier alpha value is -6.46. The number of amides is 4. The molecule has 22 heteroatoms. The van der Waals surface area contributed by atoms with E-state index >= 15 is 0 Å². The number of allylic oxidation sites excluding steroid dienone is 4. The topological polar surface area (TPSA) is 338 Å². The van der Waals surface area contributed by atoms with Gasteiger partial charge < -0.3 is 78.2 Å². The van der Waals surface area contributed by atoms with E-state index in [0.29, 0.717) is 44.6 Å². The Bertz CT molecular complexity index is 2420. The fourth-order valence-corrected chi connectivity index (χ4v) is 7.64. The number of nitrogens with one attached hydrogen (secondary N) is 6. The highest BCUT2D eigenvalue weighted by Crippen LogP contribution is 2.41. The molecule has 4 amide bonds. The summed E-state index contributed by atoms with van der Waals surface area (Å²) < 4.78 is 24.4. The number of hydrogen-bond donors (Lipinski definition) is 11. The molecule has 0 aliphatic heterocycles. The predicted molar refractivity (Wildman–Crippen MR) is 281 cm³/mol. The van der Waals surface area contributed by atoms with Gasteiger partial charge in [0.05, 0.1) is 12.5 Å². The van der Waals surface area contributed by atoms with Crippen molar-refractivity contribution >= 4 is 51.5 Å². The number of likely N-dealkylation sites (N-methyl/N-ethyl adjacent to an activating group) is 2. The van der Waals surface area contributed by atoms with Gasteiger partial charge in [0.15, 0.2) is 30.7 Å². The molecule has 72 heavy (non-hydrogen) atoms. The first-order valence-electron chi connectivity index (χ1n) is 24.6. The highest BCUT2D eigenvalue weighted by Gasteiger charge is 2.27. The summed E-state index contributed by atoms with van der Waals surface area (Å²) in [5.74, 6) is -2.23. The monoisotopic (exact) mass is 1010 g/mol. The number of benzene rings is 2. The smallest absolute Gasteiger partial charge is 0.258 e. The Morgan fingerprint density at radius 2 is 1.35 bits per heavy atom. The molecule has 0 bridgehead atoms. The van der Waals surface area contributed by atoms with E-state index < -0.39 is 60.5 Å². The van der Waals surface area contributed by atoms with Gasteiger partial charge in [0, 0.05) is 62.5 Å². The number of nitrogens with zero attached hydrogens (tertiary/aromatic N) is 2. The van der Waals surface area contributed by atoms with Crippen LogP contribution < -0.4 is 74.5 Å². The molecule has 0 saturated heterocycles. The van der Waals surface area contributed by atoms with E-state index in [0.717, 1.165) is 37.3 Å². The molecule has 400 valence electrons. The minimum Gasteiger partial charge on any atom is -0.507 e. The van der Waals surface area contributed by atoms with Crippen molar-refractivity contribution in [3.63, 3.8) is 0 Å². The molecular weight excluding hydrogens is 929 g/mol. The fraction of sp³-hybridized carbons (Fsp3) is 0.560. The number of hydrogen-bond acceptors (Lipinski definition) is 16. The van der Waals surface area contributed by atoms with Crippen LogP contribution >= 0.6 is 0 Å². The van der Waals surface area contributed by atoms with Gasteiger partial charge in [0.2, 0.25) is 17.2 Å². The summed E-state index contributed by atoms with van der Waals surface area (Å²) in [6, 6.07) is 1.02. The van der Waals surface area contributed by atoms with Gasteiger partial charge in [-0.3, -0.25) is 34.3 Å². The second-order valence-electron chi connectivity index (χ2n) is 17.6. The minimum absolute atomic E-state index is 0.0417. The third-order valence-corrected chi connectivity index (χ3v) is 11.4. The first-order chi connectivity index (χ1) is 34.3. The molecule has 1 heterocycles. The van der Waals surface area contributed by atoms with Crippen LogP contribution in [0.4, 0.5) is 0 Å². The first-order valence-corrected chi connectivity index (χ1v) is 24.6. The van der Waals surface area contributed by atoms with E-state index in [4.69, 9.17) is 41.6 Å². The SMILES string of the molecule is CCNC(=O)C(CCCN=C(N)N)NC(=O)COc1cc2oc3cc(OCC(=O)NC(CCCNC(N)N)C(=O)NCCNCCN(CC)CC)c(OC)c(CC=C(C)C)c3c(=O)c2c(O)c1CC=C(C)C. The molecule has 22 nitrogen and oxygen atoms in total. The highest BCUT2D eigenvalue weighted by molar-refractivity contribution is 5.98. The summed E-state index contributed by atoms with van der Waals surface area (Å²) in [6.07, 6.45) is 4.67. The number of phenolic OH excluding ortho intramolecular Hbond substituents is 1. The Labute approximate surface area is 422 Å². The van der Waals surface area contributed by atoms with E-state index in [1.165, 1.54) is 19.2 Å². The average molecular weight is 1010 g/mol. The predicted octanol–water partition coefficient (Wildman–Crippen LogP) is 1.21. The van der Waals surface area contributed by atoms with Crippen LogP contribution in [-0.2, 0) is 32.0 Å². The van der Waals surface area contributed by atoms with Gasteiger partial charge in [-0.15, -0.1) is 0 Å². The van der Waals surface area contributed by atoms with E-state index in [9.17, 15) is 29.1 Å². The molecular formula is C50H80N12O10. The summed E-state index contributed by atoms with van der Waals surface area (Å²) in [6.45, 7) is 17.8. The Balaban J connectivity index is 2.02. The Kier molecular flexibility index (Phi) is 25.8. The van der Waals surface area contributed by atoms with Crippen LogP contribution in [-0.4, -0.2) is 137 Å². The van der Waals surface area contributed by atoms with Gasteiger partial charge >= 0.3 is 0 Å². The minimum atomic E-state index is -0.913. The number of nitrogens with two attached hydrogens (primary N) is 4. The quantitative estimate of drug-likeness (QED) is 0.0102. The van der Waals surface area contributed by atoms with E-state index in [2.05, 4.69) is 55.6 Å². The van der Waals surface area contributed by atoms with Gasteiger partial charge in [0.25, 0.3) is 11.8 Å². The lowest BCUT2D eigenvalue weighted by Crippen LogP contribution is -2.50. The number of aliphatic imine (C=N–C) groups is 1. The lowest BCUT2D eigenvalue weighted by molar-refractivity contribution is -0.130. The van der Waals surface area contributed by atoms with Crippen LogP contribution in [0.2, 0.25) is 0 Å². The van der Waals surface area contributed by atoms with Crippen molar-refractivity contribution in [3.05, 3.63) is 56.8 Å². The van der Waals surface area contributed by atoms with Gasteiger partial charge in [-0.1, -0.05) is 37.1 Å². The first kappa shape index (κ1) is 59.8. The van der Waals surface area contributed by atoms with Crippen LogP contribution in [0.1, 0.15) is 85.3 Å². The molecule has 3 aromatic rings. The second kappa shape index (κ2) is 31.1. The molecule has 0 spiro atoms. The van der Waals surface area contributed by atoms with Crippen LogP contribution in [0, 0.1) is 0 Å².